The number of thiazole rings is 1. The number of carbonyl (C=O) groups excluding carboxylic acids is 1. The van der Waals surface area contributed by atoms with Gasteiger partial charge in [0, 0.05) is 24.1 Å². The van der Waals surface area contributed by atoms with Gasteiger partial charge in [-0.05, 0) is 13.0 Å². The number of anilines is 1. The minimum atomic E-state index is -1.67. The molecule has 0 saturated heterocycles. The van der Waals surface area contributed by atoms with E-state index in [1.165, 1.54) is 18.3 Å². The van der Waals surface area contributed by atoms with Gasteiger partial charge in [-0.3, -0.25) is 4.79 Å². The number of aromatic nitrogens is 1. The molecule has 0 aliphatic heterocycles. The molecule has 1 heterocycles. The van der Waals surface area contributed by atoms with Crippen LogP contribution in [-0.4, -0.2) is 29.6 Å². The van der Waals surface area contributed by atoms with E-state index < -0.39 is 23.1 Å². The molecule has 3 N–H and O–H groups in total. The van der Waals surface area contributed by atoms with E-state index in [2.05, 4.69) is 15.6 Å². The molecule has 0 spiro atoms. The number of nitrogens with zero attached hydrogens (tertiary/aromatic N) is 1. The van der Waals surface area contributed by atoms with Crippen molar-refractivity contribution in [3.63, 3.8) is 0 Å². The highest BCUT2D eigenvalue weighted by Crippen LogP contribution is 2.23. The molecule has 8 heteroatoms. The highest BCUT2D eigenvalue weighted by Gasteiger charge is 2.28. The van der Waals surface area contributed by atoms with Crippen LogP contribution in [0.3, 0.4) is 0 Å². The first-order valence-corrected chi connectivity index (χ1v) is 7.31. The number of carbonyl (C=O) groups is 1. The maximum atomic E-state index is 13.7. The van der Waals surface area contributed by atoms with Crippen molar-refractivity contribution in [3.05, 3.63) is 46.5 Å². The van der Waals surface area contributed by atoms with Crippen molar-refractivity contribution in [2.45, 2.75) is 12.5 Å². The van der Waals surface area contributed by atoms with Crippen molar-refractivity contribution in [1.29, 1.82) is 0 Å². The van der Waals surface area contributed by atoms with E-state index in [4.69, 9.17) is 0 Å². The summed E-state index contributed by atoms with van der Waals surface area (Å²) in [6.07, 6.45) is 0. The molecule has 1 amide bonds. The maximum absolute atomic E-state index is 13.7. The Morgan fingerprint density at radius 3 is 2.77 bits per heavy atom. The Hall–Kier alpha value is -2.06. The standard InChI is InChI=1S/C14H15F2N3O2S/c1-14(21,9-4-3-8(15)5-10(9)16)7-18-12(20)11-6-22-13(17-2)19-11/h3-6,21H,7H2,1-2H3,(H,17,19)(H,18,20). The van der Waals surface area contributed by atoms with Gasteiger partial charge in [0.1, 0.15) is 22.9 Å². The first-order chi connectivity index (χ1) is 10.3. The van der Waals surface area contributed by atoms with Gasteiger partial charge < -0.3 is 15.7 Å². The van der Waals surface area contributed by atoms with Gasteiger partial charge in [-0.2, -0.15) is 0 Å². The minimum absolute atomic E-state index is 0.0941. The zero-order valence-corrected chi connectivity index (χ0v) is 12.8. The van der Waals surface area contributed by atoms with Gasteiger partial charge in [0.2, 0.25) is 0 Å². The van der Waals surface area contributed by atoms with Gasteiger partial charge in [-0.1, -0.05) is 6.07 Å². The Labute approximate surface area is 130 Å². The molecule has 118 valence electrons. The van der Waals surface area contributed by atoms with E-state index in [-0.39, 0.29) is 17.8 Å². The fourth-order valence-electron chi connectivity index (χ4n) is 1.86. The van der Waals surface area contributed by atoms with Crippen molar-refractivity contribution >= 4 is 22.4 Å². The molecule has 5 nitrogen and oxygen atoms in total. The second-order valence-electron chi connectivity index (χ2n) is 4.87. The summed E-state index contributed by atoms with van der Waals surface area (Å²) >= 11 is 1.26. The average Bonchev–Trinajstić information content (AvgIpc) is 2.93. The lowest BCUT2D eigenvalue weighted by Crippen LogP contribution is -2.39. The van der Waals surface area contributed by atoms with E-state index in [9.17, 15) is 18.7 Å². The second-order valence-corrected chi connectivity index (χ2v) is 5.73. The SMILES string of the molecule is CNc1nc(C(=O)NCC(C)(O)c2ccc(F)cc2F)cs1. The lowest BCUT2D eigenvalue weighted by molar-refractivity contribution is 0.0493. The monoisotopic (exact) mass is 327 g/mol. The molecule has 0 bridgehead atoms. The van der Waals surface area contributed by atoms with E-state index >= 15 is 0 Å². The van der Waals surface area contributed by atoms with Gasteiger partial charge in [-0.15, -0.1) is 11.3 Å². The molecule has 0 saturated carbocycles. The molecule has 1 unspecified atom stereocenters. The third-order valence-corrected chi connectivity index (χ3v) is 3.92. The van der Waals surface area contributed by atoms with Gasteiger partial charge in [0.05, 0.1) is 6.54 Å². The van der Waals surface area contributed by atoms with Gasteiger partial charge >= 0.3 is 0 Å². The molecule has 1 aromatic heterocycles. The topological polar surface area (TPSA) is 74.2 Å². The Morgan fingerprint density at radius 2 is 2.18 bits per heavy atom. The lowest BCUT2D eigenvalue weighted by atomic mass is 9.95. The largest absolute Gasteiger partial charge is 0.383 e. The van der Waals surface area contributed by atoms with E-state index in [1.54, 1.807) is 12.4 Å². The predicted octanol–water partition coefficient (Wildman–Crippen LogP) is 2.10. The number of amides is 1. The number of halogens is 2. The van der Waals surface area contributed by atoms with Crippen molar-refractivity contribution in [1.82, 2.24) is 10.3 Å². The first kappa shape index (κ1) is 16.3. The summed E-state index contributed by atoms with van der Waals surface area (Å²) in [5, 5.41) is 17.7. The van der Waals surface area contributed by atoms with E-state index in [0.717, 1.165) is 12.1 Å². The quantitative estimate of drug-likeness (QED) is 0.786. The smallest absolute Gasteiger partial charge is 0.270 e. The summed E-state index contributed by atoms with van der Waals surface area (Å²) in [6, 6.07) is 2.89. The number of hydrogen-bond acceptors (Lipinski definition) is 5. The number of rotatable bonds is 5. The summed E-state index contributed by atoms with van der Waals surface area (Å²) in [5.74, 6) is -2.09. The number of hydrogen-bond donors (Lipinski definition) is 3. The molecule has 0 radical (unpaired) electrons. The molecule has 1 atom stereocenters. The molecule has 2 rings (SSSR count). The number of aliphatic hydroxyl groups is 1. The summed E-state index contributed by atoms with van der Waals surface area (Å²) in [6.45, 7) is 1.10. The minimum Gasteiger partial charge on any atom is -0.383 e. The van der Waals surface area contributed by atoms with Crippen molar-refractivity contribution < 1.29 is 18.7 Å². The molecule has 0 aliphatic rings. The Balaban J connectivity index is 2.07. The van der Waals surface area contributed by atoms with Gasteiger partial charge in [0.25, 0.3) is 5.91 Å². The number of benzene rings is 1. The number of nitrogens with one attached hydrogen (secondary N) is 2. The van der Waals surface area contributed by atoms with Crippen molar-refractivity contribution in [2.24, 2.45) is 0 Å². The third-order valence-electron chi connectivity index (χ3n) is 3.06. The predicted molar refractivity (Wildman–Crippen MR) is 79.9 cm³/mol. The molecular weight excluding hydrogens is 312 g/mol. The van der Waals surface area contributed by atoms with Gasteiger partial charge in [0.15, 0.2) is 5.13 Å². The summed E-state index contributed by atoms with van der Waals surface area (Å²) in [7, 11) is 1.68. The maximum Gasteiger partial charge on any atom is 0.270 e. The van der Waals surface area contributed by atoms with Crippen LogP contribution < -0.4 is 10.6 Å². The van der Waals surface area contributed by atoms with Crippen LogP contribution in [0.1, 0.15) is 23.0 Å². The fourth-order valence-corrected chi connectivity index (χ4v) is 2.51. The molecular formula is C14H15F2N3O2S. The molecule has 2 aromatic rings. The van der Waals surface area contributed by atoms with Crippen molar-refractivity contribution in [2.75, 3.05) is 18.9 Å². The van der Waals surface area contributed by atoms with Crippen LogP contribution in [0.5, 0.6) is 0 Å². The Bertz CT molecular complexity index is 688. The first-order valence-electron chi connectivity index (χ1n) is 6.43. The van der Waals surface area contributed by atoms with Crippen LogP contribution in [0.4, 0.5) is 13.9 Å². The molecule has 0 fully saturated rings. The van der Waals surface area contributed by atoms with Gasteiger partial charge in [-0.25, -0.2) is 13.8 Å². The van der Waals surface area contributed by atoms with Crippen LogP contribution in [-0.2, 0) is 5.60 Å². The summed E-state index contributed by atoms with van der Waals surface area (Å²) in [5.41, 5.74) is -1.57. The zero-order valence-electron chi connectivity index (χ0n) is 12.0. The molecule has 0 aliphatic carbocycles. The Morgan fingerprint density at radius 1 is 1.45 bits per heavy atom. The molecule has 22 heavy (non-hydrogen) atoms. The van der Waals surface area contributed by atoms with E-state index in [1.807, 2.05) is 0 Å². The van der Waals surface area contributed by atoms with Crippen LogP contribution in [0.25, 0.3) is 0 Å². The third kappa shape index (κ3) is 3.58. The fraction of sp³-hybridized carbons (Fsp3) is 0.286. The summed E-state index contributed by atoms with van der Waals surface area (Å²) in [4.78, 5) is 16.0. The van der Waals surface area contributed by atoms with Crippen LogP contribution in [0, 0.1) is 11.6 Å². The lowest BCUT2D eigenvalue weighted by Gasteiger charge is -2.24. The van der Waals surface area contributed by atoms with Crippen LogP contribution >= 0.6 is 11.3 Å². The Kier molecular flexibility index (Phi) is 4.72. The summed E-state index contributed by atoms with van der Waals surface area (Å²) < 4.78 is 26.6. The average molecular weight is 327 g/mol. The van der Waals surface area contributed by atoms with Crippen LogP contribution in [0.2, 0.25) is 0 Å². The normalized spacial score (nSPS) is 13.5. The molecule has 1 aromatic carbocycles. The van der Waals surface area contributed by atoms with E-state index in [0.29, 0.717) is 11.2 Å². The van der Waals surface area contributed by atoms with Crippen LogP contribution in [0.15, 0.2) is 23.6 Å². The highest BCUT2D eigenvalue weighted by atomic mass is 32.1. The highest BCUT2D eigenvalue weighted by molar-refractivity contribution is 7.13. The zero-order chi connectivity index (χ0) is 16.3. The van der Waals surface area contributed by atoms with Crippen molar-refractivity contribution in [3.8, 4) is 0 Å². The second kappa shape index (κ2) is 6.37.